The molecule has 1 rings (SSSR count). The zero-order valence-corrected chi connectivity index (χ0v) is 10.7. The minimum Gasteiger partial charge on any atom is -0.508 e. The number of phenolic OH excluding ortho intramolecular Hbond substituents is 2. The summed E-state index contributed by atoms with van der Waals surface area (Å²) < 4.78 is 0. The standard InChI is InChI=1S/C12H17N3O4/c1-6(2)10(11(13)15-19)14-12(18)7-3-8(16)5-9(17)4-7/h3-6,10,16-17,19H,1-2H3,(H2,13,15)(H,14,18). The van der Waals surface area contributed by atoms with Crippen molar-refractivity contribution in [3.63, 3.8) is 0 Å². The molecule has 19 heavy (non-hydrogen) atoms. The van der Waals surface area contributed by atoms with E-state index in [9.17, 15) is 15.0 Å². The van der Waals surface area contributed by atoms with E-state index in [0.29, 0.717) is 0 Å². The van der Waals surface area contributed by atoms with Crippen LogP contribution in [-0.2, 0) is 0 Å². The molecule has 0 aliphatic rings. The summed E-state index contributed by atoms with van der Waals surface area (Å²) in [6, 6.07) is 2.87. The van der Waals surface area contributed by atoms with E-state index in [1.165, 1.54) is 12.1 Å². The van der Waals surface area contributed by atoms with Crippen molar-refractivity contribution < 1.29 is 20.2 Å². The molecular formula is C12H17N3O4. The van der Waals surface area contributed by atoms with Crippen LogP contribution in [0.3, 0.4) is 0 Å². The molecule has 1 amide bonds. The lowest BCUT2D eigenvalue weighted by Gasteiger charge is -2.20. The molecule has 0 fully saturated rings. The molecule has 0 radical (unpaired) electrons. The van der Waals surface area contributed by atoms with Gasteiger partial charge in [-0.2, -0.15) is 0 Å². The summed E-state index contributed by atoms with van der Waals surface area (Å²) >= 11 is 0. The second kappa shape index (κ2) is 5.94. The van der Waals surface area contributed by atoms with E-state index in [2.05, 4.69) is 10.5 Å². The van der Waals surface area contributed by atoms with Gasteiger partial charge in [-0.15, -0.1) is 0 Å². The van der Waals surface area contributed by atoms with Gasteiger partial charge >= 0.3 is 0 Å². The van der Waals surface area contributed by atoms with Crippen LogP contribution in [-0.4, -0.2) is 33.2 Å². The minimum atomic E-state index is -0.651. The smallest absolute Gasteiger partial charge is 0.252 e. The van der Waals surface area contributed by atoms with Crippen LogP contribution in [0.1, 0.15) is 24.2 Å². The summed E-state index contributed by atoms with van der Waals surface area (Å²) in [6.07, 6.45) is 0. The van der Waals surface area contributed by atoms with Crippen molar-refractivity contribution in [2.75, 3.05) is 0 Å². The number of nitrogens with zero attached hydrogens (tertiary/aromatic N) is 1. The second-order valence-electron chi connectivity index (χ2n) is 4.46. The maximum absolute atomic E-state index is 12.0. The lowest BCUT2D eigenvalue weighted by atomic mass is 10.0. The quantitative estimate of drug-likeness (QED) is 0.236. The van der Waals surface area contributed by atoms with Gasteiger partial charge in [0.2, 0.25) is 0 Å². The van der Waals surface area contributed by atoms with Crippen LogP contribution in [0.2, 0.25) is 0 Å². The number of aromatic hydroxyl groups is 2. The van der Waals surface area contributed by atoms with Gasteiger partial charge in [-0.25, -0.2) is 0 Å². The molecule has 0 saturated heterocycles. The predicted octanol–water partition coefficient (Wildman–Crippen LogP) is 0.599. The van der Waals surface area contributed by atoms with Gasteiger partial charge in [-0.05, 0) is 18.1 Å². The molecule has 1 aromatic carbocycles. The van der Waals surface area contributed by atoms with Crippen LogP contribution in [0.5, 0.6) is 11.5 Å². The van der Waals surface area contributed by atoms with Crippen molar-refractivity contribution in [3.8, 4) is 11.5 Å². The van der Waals surface area contributed by atoms with Crippen molar-refractivity contribution in [1.82, 2.24) is 5.32 Å². The Kier molecular flexibility index (Phi) is 4.57. The van der Waals surface area contributed by atoms with E-state index < -0.39 is 11.9 Å². The van der Waals surface area contributed by atoms with Crippen LogP contribution in [0.25, 0.3) is 0 Å². The first-order valence-electron chi connectivity index (χ1n) is 5.66. The van der Waals surface area contributed by atoms with Gasteiger partial charge in [0, 0.05) is 11.6 Å². The average molecular weight is 267 g/mol. The third kappa shape index (κ3) is 3.77. The normalized spacial score (nSPS) is 13.3. The highest BCUT2D eigenvalue weighted by Crippen LogP contribution is 2.20. The first kappa shape index (κ1) is 14.6. The number of hydrogen-bond acceptors (Lipinski definition) is 5. The Labute approximate surface area is 110 Å². The van der Waals surface area contributed by atoms with Gasteiger partial charge < -0.3 is 26.5 Å². The predicted molar refractivity (Wildman–Crippen MR) is 69.3 cm³/mol. The Morgan fingerprint density at radius 1 is 1.26 bits per heavy atom. The number of benzene rings is 1. The Bertz CT molecular complexity index is 479. The number of oxime groups is 1. The molecule has 1 unspecified atom stereocenters. The molecule has 0 aromatic heterocycles. The van der Waals surface area contributed by atoms with Crippen LogP contribution in [0.15, 0.2) is 23.4 Å². The van der Waals surface area contributed by atoms with Gasteiger partial charge in [-0.1, -0.05) is 19.0 Å². The van der Waals surface area contributed by atoms with E-state index in [1.54, 1.807) is 13.8 Å². The van der Waals surface area contributed by atoms with E-state index in [-0.39, 0.29) is 28.8 Å². The molecule has 0 spiro atoms. The summed E-state index contributed by atoms with van der Waals surface area (Å²) in [4.78, 5) is 12.0. The first-order valence-corrected chi connectivity index (χ1v) is 5.66. The van der Waals surface area contributed by atoms with Crippen molar-refractivity contribution in [2.45, 2.75) is 19.9 Å². The second-order valence-corrected chi connectivity index (χ2v) is 4.46. The van der Waals surface area contributed by atoms with E-state index in [0.717, 1.165) is 6.07 Å². The number of phenols is 2. The van der Waals surface area contributed by atoms with Crippen LogP contribution >= 0.6 is 0 Å². The zero-order chi connectivity index (χ0) is 14.6. The number of amidine groups is 1. The molecule has 0 bridgehead atoms. The maximum atomic E-state index is 12.0. The Balaban J connectivity index is 2.94. The third-order valence-corrected chi connectivity index (χ3v) is 2.55. The van der Waals surface area contributed by atoms with E-state index in [4.69, 9.17) is 10.9 Å². The van der Waals surface area contributed by atoms with Crippen molar-refractivity contribution in [1.29, 1.82) is 0 Å². The highest BCUT2D eigenvalue weighted by Gasteiger charge is 2.21. The van der Waals surface area contributed by atoms with E-state index in [1.807, 2.05) is 0 Å². The lowest BCUT2D eigenvalue weighted by Crippen LogP contribution is -2.47. The summed E-state index contributed by atoms with van der Waals surface area (Å²) in [5, 5.41) is 32.7. The molecule has 104 valence electrons. The Morgan fingerprint density at radius 2 is 1.79 bits per heavy atom. The fourth-order valence-electron chi connectivity index (χ4n) is 1.60. The number of hydrogen-bond donors (Lipinski definition) is 5. The lowest BCUT2D eigenvalue weighted by molar-refractivity contribution is 0.0938. The fourth-order valence-corrected chi connectivity index (χ4v) is 1.60. The summed E-state index contributed by atoms with van der Waals surface area (Å²) in [5.41, 5.74) is 5.57. The topological polar surface area (TPSA) is 128 Å². The Morgan fingerprint density at radius 3 is 2.21 bits per heavy atom. The first-order chi connectivity index (χ1) is 8.85. The molecule has 6 N–H and O–H groups in total. The summed E-state index contributed by atoms with van der Waals surface area (Å²) in [5.74, 6) is -1.21. The Hall–Kier alpha value is -2.44. The molecule has 7 nitrogen and oxygen atoms in total. The van der Waals surface area contributed by atoms with Crippen molar-refractivity contribution in [2.24, 2.45) is 16.8 Å². The van der Waals surface area contributed by atoms with Gasteiger partial charge in [0.25, 0.3) is 5.91 Å². The molecule has 1 aromatic rings. The largest absolute Gasteiger partial charge is 0.508 e. The van der Waals surface area contributed by atoms with Crippen molar-refractivity contribution in [3.05, 3.63) is 23.8 Å². The molecular weight excluding hydrogens is 250 g/mol. The van der Waals surface area contributed by atoms with Gasteiger partial charge in [0.1, 0.15) is 11.5 Å². The van der Waals surface area contributed by atoms with Gasteiger partial charge in [0.15, 0.2) is 5.84 Å². The number of amides is 1. The summed E-state index contributed by atoms with van der Waals surface area (Å²) in [7, 11) is 0. The minimum absolute atomic E-state index is 0.0777. The van der Waals surface area contributed by atoms with Crippen LogP contribution in [0, 0.1) is 5.92 Å². The average Bonchev–Trinajstić information content (AvgIpc) is 2.33. The third-order valence-electron chi connectivity index (χ3n) is 2.55. The number of rotatable bonds is 4. The fraction of sp³-hybridized carbons (Fsp3) is 0.333. The zero-order valence-electron chi connectivity index (χ0n) is 10.7. The molecule has 0 heterocycles. The molecule has 0 saturated carbocycles. The number of nitrogens with two attached hydrogens (primary N) is 1. The van der Waals surface area contributed by atoms with Crippen LogP contribution < -0.4 is 11.1 Å². The highest BCUT2D eigenvalue weighted by molar-refractivity contribution is 5.98. The maximum Gasteiger partial charge on any atom is 0.252 e. The number of nitrogens with one attached hydrogen (secondary N) is 1. The molecule has 7 heteroatoms. The highest BCUT2D eigenvalue weighted by atomic mass is 16.4. The number of carbonyl (C=O) groups excluding carboxylic acids is 1. The monoisotopic (exact) mass is 267 g/mol. The summed E-state index contributed by atoms with van der Waals surface area (Å²) in [6.45, 7) is 3.59. The van der Waals surface area contributed by atoms with Gasteiger partial charge in [-0.3, -0.25) is 4.79 Å². The molecule has 1 atom stereocenters. The SMILES string of the molecule is CC(C)C(NC(=O)c1cc(O)cc(O)c1)/C(N)=N/O. The molecule has 0 aliphatic carbocycles. The number of carbonyl (C=O) groups is 1. The van der Waals surface area contributed by atoms with Crippen LogP contribution in [0.4, 0.5) is 0 Å². The van der Waals surface area contributed by atoms with Gasteiger partial charge in [0.05, 0.1) is 6.04 Å². The van der Waals surface area contributed by atoms with Crippen molar-refractivity contribution >= 4 is 11.7 Å². The van der Waals surface area contributed by atoms with E-state index >= 15 is 0 Å². The molecule has 0 aliphatic heterocycles.